The highest BCUT2D eigenvalue weighted by Crippen LogP contribution is 2.35. The predicted octanol–water partition coefficient (Wildman–Crippen LogP) is 3.46. The van der Waals surface area contributed by atoms with Crippen molar-refractivity contribution in [2.45, 2.75) is 40.1 Å². The van der Waals surface area contributed by atoms with Crippen LogP contribution in [0.25, 0.3) is 0 Å². The predicted molar refractivity (Wildman–Crippen MR) is 64.2 cm³/mol. The molecule has 0 spiro atoms. The van der Waals surface area contributed by atoms with E-state index in [1.807, 2.05) is 0 Å². The second-order valence-corrected chi connectivity index (χ2v) is 5.32. The van der Waals surface area contributed by atoms with E-state index in [9.17, 15) is 0 Å². The molecular weight excluding hydrogens is 200 g/mol. The average molecular weight is 220 g/mol. The molecule has 1 aromatic carbocycles. The summed E-state index contributed by atoms with van der Waals surface area (Å²) in [7, 11) is 0. The van der Waals surface area contributed by atoms with Crippen molar-refractivity contribution in [1.29, 1.82) is 0 Å². The molecule has 1 saturated heterocycles. The number of aryl methyl sites for hydroxylation is 1. The summed E-state index contributed by atoms with van der Waals surface area (Å²) in [5.74, 6) is 0. The fourth-order valence-electron chi connectivity index (χ4n) is 1.72. The quantitative estimate of drug-likeness (QED) is 0.721. The highest BCUT2D eigenvalue weighted by Gasteiger charge is 2.35. The molecule has 0 radical (unpaired) electrons. The second-order valence-electron chi connectivity index (χ2n) is 5.32. The van der Waals surface area contributed by atoms with Crippen molar-refractivity contribution in [3.63, 3.8) is 0 Å². The fourth-order valence-corrected chi connectivity index (χ4v) is 1.72. The Bertz CT molecular complexity index is 354. The molecule has 2 heteroatoms. The van der Waals surface area contributed by atoms with Crippen molar-refractivity contribution in [3.05, 3.63) is 35.4 Å². The summed E-state index contributed by atoms with van der Waals surface area (Å²) in [6.07, 6.45) is 0.0104. The van der Waals surface area contributed by atoms with Crippen LogP contribution in [0.5, 0.6) is 0 Å². The highest BCUT2D eigenvalue weighted by atomic mass is 16.7. The van der Waals surface area contributed by atoms with Crippen molar-refractivity contribution >= 4 is 0 Å². The Morgan fingerprint density at radius 2 is 1.81 bits per heavy atom. The van der Waals surface area contributed by atoms with E-state index >= 15 is 0 Å². The number of hydrogen-bond acceptors (Lipinski definition) is 2. The van der Waals surface area contributed by atoms with E-state index in [0.717, 1.165) is 12.2 Å². The Morgan fingerprint density at radius 1 is 1.19 bits per heavy atom. The topological polar surface area (TPSA) is 18.5 Å². The summed E-state index contributed by atoms with van der Waals surface area (Å²) >= 11 is 0. The number of benzene rings is 1. The van der Waals surface area contributed by atoms with Gasteiger partial charge in [-0.1, -0.05) is 43.7 Å². The van der Waals surface area contributed by atoms with Crippen molar-refractivity contribution in [2.24, 2.45) is 5.41 Å². The molecular formula is C14H20O2. The first-order valence-corrected chi connectivity index (χ1v) is 5.83. The molecule has 1 fully saturated rings. The molecule has 2 rings (SSSR count). The Kier molecular flexibility index (Phi) is 3.04. The van der Waals surface area contributed by atoms with Crippen LogP contribution in [0, 0.1) is 12.3 Å². The van der Waals surface area contributed by atoms with Gasteiger partial charge in [-0.25, -0.2) is 0 Å². The van der Waals surface area contributed by atoms with Crippen LogP contribution in [0.3, 0.4) is 0 Å². The summed E-state index contributed by atoms with van der Waals surface area (Å²) < 4.78 is 11.7. The Labute approximate surface area is 97.6 Å². The molecule has 16 heavy (non-hydrogen) atoms. The SMILES string of the molecule is Cc1ccc([C@@H]2OCC(C)(C)[C@H](C)O2)cc1. The lowest BCUT2D eigenvalue weighted by molar-refractivity contribution is -0.259. The summed E-state index contributed by atoms with van der Waals surface area (Å²) in [6.45, 7) is 9.28. The smallest absolute Gasteiger partial charge is 0.184 e. The Morgan fingerprint density at radius 3 is 2.38 bits per heavy atom. The molecule has 0 saturated carbocycles. The van der Waals surface area contributed by atoms with Gasteiger partial charge in [-0.2, -0.15) is 0 Å². The molecule has 0 aromatic heterocycles. The third-order valence-corrected chi connectivity index (χ3v) is 3.38. The first-order chi connectivity index (χ1) is 7.49. The van der Waals surface area contributed by atoms with Crippen molar-refractivity contribution < 1.29 is 9.47 Å². The van der Waals surface area contributed by atoms with Gasteiger partial charge in [0.1, 0.15) is 0 Å². The molecule has 1 aliphatic rings. The van der Waals surface area contributed by atoms with Crippen LogP contribution in [-0.4, -0.2) is 12.7 Å². The van der Waals surface area contributed by atoms with E-state index in [0.29, 0.717) is 0 Å². The van der Waals surface area contributed by atoms with Crippen molar-refractivity contribution in [1.82, 2.24) is 0 Å². The maximum Gasteiger partial charge on any atom is 0.184 e. The molecule has 0 amide bonds. The van der Waals surface area contributed by atoms with Crippen LogP contribution in [0.1, 0.15) is 38.2 Å². The van der Waals surface area contributed by atoms with Crippen LogP contribution in [0.15, 0.2) is 24.3 Å². The fraction of sp³-hybridized carbons (Fsp3) is 0.571. The molecule has 0 N–H and O–H groups in total. The molecule has 1 aliphatic heterocycles. The van der Waals surface area contributed by atoms with Crippen LogP contribution >= 0.6 is 0 Å². The molecule has 1 aromatic rings. The summed E-state index contributed by atoms with van der Waals surface area (Å²) in [5.41, 5.74) is 2.46. The lowest BCUT2D eigenvalue weighted by atomic mass is 9.87. The molecule has 0 aliphatic carbocycles. The van der Waals surface area contributed by atoms with Crippen LogP contribution in [0.4, 0.5) is 0 Å². The van der Waals surface area contributed by atoms with Gasteiger partial charge < -0.3 is 9.47 Å². The molecule has 0 unspecified atom stereocenters. The molecule has 2 atom stereocenters. The van der Waals surface area contributed by atoms with Gasteiger partial charge in [0.15, 0.2) is 6.29 Å². The van der Waals surface area contributed by atoms with Gasteiger partial charge in [0, 0.05) is 11.0 Å². The zero-order valence-electron chi connectivity index (χ0n) is 10.5. The highest BCUT2D eigenvalue weighted by molar-refractivity contribution is 5.22. The maximum atomic E-state index is 5.91. The third-order valence-electron chi connectivity index (χ3n) is 3.38. The van der Waals surface area contributed by atoms with E-state index in [-0.39, 0.29) is 17.8 Å². The monoisotopic (exact) mass is 220 g/mol. The summed E-state index contributed by atoms with van der Waals surface area (Å²) in [4.78, 5) is 0. The first kappa shape index (κ1) is 11.6. The number of rotatable bonds is 1. The minimum absolute atomic E-state index is 0.0984. The van der Waals surface area contributed by atoms with Gasteiger partial charge >= 0.3 is 0 Å². The largest absolute Gasteiger partial charge is 0.348 e. The second kappa shape index (κ2) is 4.19. The standard InChI is InChI=1S/C14H20O2/c1-10-5-7-12(8-6-10)13-15-9-14(3,4)11(2)16-13/h5-8,11,13H,9H2,1-4H3/t11-,13+/m0/s1. The molecule has 0 bridgehead atoms. The van der Waals surface area contributed by atoms with E-state index < -0.39 is 0 Å². The van der Waals surface area contributed by atoms with Crippen molar-refractivity contribution in [2.75, 3.05) is 6.61 Å². The Hall–Kier alpha value is -0.860. The van der Waals surface area contributed by atoms with E-state index in [2.05, 4.69) is 52.0 Å². The van der Waals surface area contributed by atoms with Crippen LogP contribution in [-0.2, 0) is 9.47 Å². The van der Waals surface area contributed by atoms with Gasteiger partial charge in [-0.15, -0.1) is 0 Å². The van der Waals surface area contributed by atoms with Gasteiger partial charge in [-0.3, -0.25) is 0 Å². The zero-order valence-corrected chi connectivity index (χ0v) is 10.5. The number of ether oxygens (including phenoxy) is 2. The molecule has 1 heterocycles. The van der Waals surface area contributed by atoms with Gasteiger partial charge in [0.2, 0.25) is 0 Å². The summed E-state index contributed by atoms with van der Waals surface area (Å²) in [6, 6.07) is 8.33. The van der Waals surface area contributed by atoms with Gasteiger partial charge in [0.25, 0.3) is 0 Å². The Balaban J connectivity index is 2.10. The van der Waals surface area contributed by atoms with Gasteiger partial charge in [-0.05, 0) is 13.8 Å². The minimum atomic E-state index is -0.205. The molecule has 88 valence electrons. The molecule has 2 nitrogen and oxygen atoms in total. The lowest BCUT2D eigenvalue weighted by Crippen LogP contribution is -2.40. The van der Waals surface area contributed by atoms with E-state index in [1.165, 1.54) is 5.56 Å². The normalized spacial score (nSPS) is 29.0. The number of hydrogen-bond donors (Lipinski definition) is 0. The first-order valence-electron chi connectivity index (χ1n) is 5.83. The van der Waals surface area contributed by atoms with Crippen molar-refractivity contribution in [3.8, 4) is 0 Å². The third kappa shape index (κ3) is 2.28. The maximum absolute atomic E-state index is 5.91. The average Bonchev–Trinajstić information content (AvgIpc) is 2.24. The van der Waals surface area contributed by atoms with E-state index in [4.69, 9.17) is 9.47 Å². The minimum Gasteiger partial charge on any atom is -0.348 e. The van der Waals surface area contributed by atoms with E-state index in [1.54, 1.807) is 0 Å². The van der Waals surface area contributed by atoms with Crippen LogP contribution in [0.2, 0.25) is 0 Å². The lowest BCUT2D eigenvalue weighted by Gasteiger charge is -2.40. The zero-order chi connectivity index (χ0) is 11.8. The summed E-state index contributed by atoms with van der Waals surface area (Å²) in [5, 5.41) is 0. The van der Waals surface area contributed by atoms with Crippen LogP contribution < -0.4 is 0 Å². The van der Waals surface area contributed by atoms with Gasteiger partial charge in [0.05, 0.1) is 12.7 Å².